The van der Waals surface area contributed by atoms with E-state index >= 15 is 0 Å². The second kappa shape index (κ2) is 5.78. The molecule has 0 aliphatic carbocycles. The third kappa shape index (κ3) is 2.24. The van der Waals surface area contributed by atoms with Crippen LogP contribution in [-0.4, -0.2) is 31.1 Å². The van der Waals surface area contributed by atoms with Gasteiger partial charge in [-0.1, -0.05) is 12.1 Å². The largest absolute Gasteiger partial charge is 0.495 e. The van der Waals surface area contributed by atoms with Crippen LogP contribution in [0.3, 0.4) is 0 Å². The molecule has 114 valence electrons. The maximum atomic E-state index is 12.2. The molecule has 0 spiro atoms. The third-order valence-electron chi connectivity index (χ3n) is 3.32. The molecule has 0 N–H and O–H groups in total. The van der Waals surface area contributed by atoms with Gasteiger partial charge >= 0.3 is 0 Å². The number of benzene rings is 1. The van der Waals surface area contributed by atoms with Crippen LogP contribution in [0.4, 0.5) is 0 Å². The topological polar surface area (TPSA) is 65.1 Å². The first-order valence-corrected chi connectivity index (χ1v) is 7.34. The van der Waals surface area contributed by atoms with Crippen molar-refractivity contribution >= 4 is 23.2 Å². The minimum atomic E-state index is -0.464. The molecule has 0 atom stereocenters. The molecule has 1 aliphatic heterocycles. The molecule has 0 radical (unpaired) electrons. The molecular weight excluding hydrogens is 306 g/mol. The molecule has 0 fully saturated rings. The number of amides is 2. The van der Waals surface area contributed by atoms with Crippen LogP contribution in [-0.2, 0) is 11.4 Å². The minimum absolute atomic E-state index is 0.00130. The number of carbonyl (C=O) groups is 2. The van der Waals surface area contributed by atoms with E-state index in [1.54, 1.807) is 29.6 Å². The van der Waals surface area contributed by atoms with E-state index < -0.39 is 11.8 Å². The molecule has 6 nitrogen and oxygen atoms in total. The number of hydrogen-bond acceptors (Lipinski definition) is 6. The Morgan fingerprint density at radius 3 is 2.23 bits per heavy atom. The monoisotopic (exact) mass is 319 g/mol. The Bertz CT molecular complexity index is 683. The highest BCUT2D eigenvalue weighted by atomic mass is 32.1. The van der Waals surface area contributed by atoms with Crippen LogP contribution < -0.4 is 9.47 Å². The highest BCUT2D eigenvalue weighted by Gasteiger charge is 2.36. The van der Waals surface area contributed by atoms with Crippen molar-refractivity contribution in [3.63, 3.8) is 0 Å². The van der Waals surface area contributed by atoms with Gasteiger partial charge in [-0.05, 0) is 12.1 Å². The second-order valence-corrected chi connectivity index (χ2v) is 5.34. The fourth-order valence-electron chi connectivity index (χ4n) is 2.24. The Balaban J connectivity index is 1.80. The van der Waals surface area contributed by atoms with Crippen LogP contribution in [0, 0.1) is 0 Å². The molecule has 1 aliphatic rings. The maximum Gasteiger partial charge on any atom is 0.285 e. The lowest BCUT2D eigenvalue weighted by Crippen LogP contribution is -2.29. The SMILES string of the molecule is COc1csc(OC)c1CON1C(=O)c2ccccc2C1=O. The van der Waals surface area contributed by atoms with Crippen LogP contribution in [0.25, 0.3) is 0 Å². The summed E-state index contributed by atoms with van der Waals surface area (Å²) in [5.41, 5.74) is 1.35. The van der Waals surface area contributed by atoms with E-state index in [1.165, 1.54) is 25.6 Å². The van der Waals surface area contributed by atoms with E-state index in [-0.39, 0.29) is 6.61 Å². The number of hydroxylamine groups is 2. The Hall–Kier alpha value is -2.38. The highest BCUT2D eigenvalue weighted by molar-refractivity contribution is 7.12. The molecular formula is C15H13NO5S. The van der Waals surface area contributed by atoms with E-state index in [1.807, 2.05) is 0 Å². The predicted molar refractivity (Wildman–Crippen MR) is 79.2 cm³/mol. The predicted octanol–water partition coefficient (Wildman–Crippen LogP) is 2.49. The fourth-order valence-corrected chi connectivity index (χ4v) is 3.09. The standard InChI is InChI=1S/C15H13NO5S/c1-19-12-8-22-15(20-2)11(12)7-21-16-13(17)9-5-3-4-6-10(9)14(16)18/h3-6,8H,7H2,1-2H3. The maximum absolute atomic E-state index is 12.2. The van der Waals surface area contributed by atoms with Crippen LogP contribution in [0.15, 0.2) is 29.6 Å². The molecule has 0 saturated carbocycles. The molecule has 2 heterocycles. The molecule has 3 rings (SSSR count). The van der Waals surface area contributed by atoms with Gasteiger partial charge < -0.3 is 9.47 Å². The quantitative estimate of drug-likeness (QED) is 0.792. The van der Waals surface area contributed by atoms with Crippen LogP contribution in [0.1, 0.15) is 26.3 Å². The van der Waals surface area contributed by atoms with Gasteiger partial charge in [0, 0.05) is 5.38 Å². The fraction of sp³-hybridized carbons (Fsp3) is 0.200. The van der Waals surface area contributed by atoms with Gasteiger partial charge in [0.25, 0.3) is 11.8 Å². The van der Waals surface area contributed by atoms with Crippen molar-refractivity contribution in [1.29, 1.82) is 0 Å². The zero-order valence-electron chi connectivity index (χ0n) is 12.0. The van der Waals surface area contributed by atoms with Crippen LogP contribution in [0.5, 0.6) is 10.8 Å². The van der Waals surface area contributed by atoms with Crippen molar-refractivity contribution in [2.24, 2.45) is 0 Å². The van der Waals surface area contributed by atoms with E-state index in [9.17, 15) is 9.59 Å². The number of thiophene rings is 1. The van der Waals surface area contributed by atoms with Crippen molar-refractivity contribution in [2.75, 3.05) is 14.2 Å². The molecule has 2 aromatic rings. The summed E-state index contributed by atoms with van der Waals surface area (Å²) >= 11 is 1.36. The molecule has 22 heavy (non-hydrogen) atoms. The van der Waals surface area contributed by atoms with Gasteiger partial charge in [0.15, 0.2) is 5.06 Å². The first-order chi connectivity index (χ1) is 10.7. The van der Waals surface area contributed by atoms with Gasteiger partial charge in [-0.2, -0.15) is 0 Å². The first-order valence-electron chi connectivity index (χ1n) is 6.46. The number of hydrogen-bond donors (Lipinski definition) is 0. The number of imide groups is 1. The van der Waals surface area contributed by atoms with Crippen molar-refractivity contribution < 1.29 is 23.9 Å². The van der Waals surface area contributed by atoms with E-state index in [0.29, 0.717) is 27.5 Å². The van der Waals surface area contributed by atoms with Gasteiger partial charge in [-0.3, -0.25) is 14.4 Å². The van der Waals surface area contributed by atoms with Gasteiger partial charge in [-0.15, -0.1) is 16.4 Å². The third-order valence-corrected chi connectivity index (χ3v) is 4.28. The Labute approximate surface area is 130 Å². The average Bonchev–Trinajstić information content (AvgIpc) is 3.06. The van der Waals surface area contributed by atoms with E-state index in [4.69, 9.17) is 14.3 Å². The summed E-state index contributed by atoms with van der Waals surface area (Å²) in [5.74, 6) is -0.332. The van der Waals surface area contributed by atoms with Crippen molar-refractivity contribution in [3.8, 4) is 10.8 Å². The summed E-state index contributed by atoms with van der Waals surface area (Å²) in [4.78, 5) is 29.8. The second-order valence-electron chi connectivity index (χ2n) is 4.50. The molecule has 2 amide bonds. The van der Waals surface area contributed by atoms with Gasteiger partial charge in [0.2, 0.25) is 0 Å². The number of nitrogens with zero attached hydrogens (tertiary/aromatic N) is 1. The van der Waals surface area contributed by atoms with E-state index in [0.717, 1.165) is 5.06 Å². The molecule has 1 aromatic heterocycles. The zero-order chi connectivity index (χ0) is 15.7. The number of fused-ring (bicyclic) bond motifs is 1. The average molecular weight is 319 g/mol. The summed E-state index contributed by atoms with van der Waals surface area (Å²) in [7, 11) is 3.07. The van der Waals surface area contributed by atoms with E-state index in [2.05, 4.69) is 0 Å². The molecule has 7 heteroatoms. The lowest BCUT2D eigenvalue weighted by molar-refractivity contribution is -0.101. The number of rotatable bonds is 5. The summed E-state index contributed by atoms with van der Waals surface area (Å²) < 4.78 is 10.4. The lowest BCUT2D eigenvalue weighted by atomic mass is 10.1. The first kappa shape index (κ1) is 14.6. The molecule has 0 bridgehead atoms. The number of methoxy groups -OCH3 is 2. The Morgan fingerprint density at radius 2 is 1.68 bits per heavy atom. The van der Waals surface area contributed by atoms with Gasteiger partial charge in [0.05, 0.1) is 30.9 Å². The summed E-state index contributed by atoms with van der Waals surface area (Å²) in [5, 5.41) is 3.18. The van der Waals surface area contributed by atoms with Gasteiger partial charge in [0.1, 0.15) is 12.4 Å². The van der Waals surface area contributed by atoms with Crippen LogP contribution >= 0.6 is 11.3 Å². The van der Waals surface area contributed by atoms with Crippen molar-refractivity contribution in [2.45, 2.75) is 6.61 Å². The summed E-state index contributed by atoms with van der Waals surface area (Å²) in [6, 6.07) is 6.62. The molecule has 0 saturated heterocycles. The molecule has 1 aromatic carbocycles. The van der Waals surface area contributed by atoms with Crippen LogP contribution in [0.2, 0.25) is 0 Å². The van der Waals surface area contributed by atoms with Crippen molar-refractivity contribution in [3.05, 3.63) is 46.3 Å². The number of ether oxygens (including phenoxy) is 2. The summed E-state index contributed by atoms with van der Waals surface area (Å²) in [6.07, 6.45) is 0. The highest BCUT2D eigenvalue weighted by Crippen LogP contribution is 2.37. The lowest BCUT2D eigenvalue weighted by Gasteiger charge is -2.14. The normalized spacial score (nSPS) is 13.5. The smallest absolute Gasteiger partial charge is 0.285 e. The summed E-state index contributed by atoms with van der Waals surface area (Å²) in [6.45, 7) is 0.00130. The minimum Gasteiger partial charge on any atom is -0.495 e. The van der Waals surface area contributed by atoms with Crippen molar-refractivity contribution in [1.82, 2.24) is 5.06 Å². The number of carbonyl (C=O) groups excluding carboxylic acids is 2. The Kier molecular flexibility index (Phi) is 3.82. The Morgan fingerprint density at radius 1 is 1.05 bits per heavy atom. The molecule has 0 unspecified atom stereocenters. The zero-order valence-corrected chi connectivity index (χ0v) is 12.8. The van der Waals surface area contributed by atoms with Gasteiger partial charge in [-0.25, -0.2) is 0 Å².